The fourth-order valence-corrected chi connectivity index (χ4v) is 6.56. The summed E-state index contributed by atoms with van der Waals surface area (Å²) in [7, 11) is 0. The van der Waals surface area contributed by atoms with Crippen LogP contribution in [0, 0.1) is 0 Å². The topological polar surface area (TPSA) is 57.3 Å². The van der Waals surface area contributed by atoms with Crippen molar-refractivity contribution >= 4 is 22.4 Å². The lowest BCUT2D eigenvalue weighted by Crippen LogP contribution is -2.42. The number of carbonyl (C=O) groups is 1. The maximum atomic E-state index is 11.8. The molecule has 0 bridgehead atoms. The molecule has 0 atom stereocenters. The highest BCUT2D eigenvalue weighted by molar-refractivity contribution is 7.14. The Kier molecular flexibility index (Phi) is 8.45. The third-order valence-corrected chi connectivity index (χ3v) is 9.02. The SMILES string of the molecule is CC(C)NC(=O)CCCCNC1CCN(c2nc(-c3ccc4c(c3)C(C)(C)CCC4(C)C)cs2)CC1. The van der Waals surface area contributed by atoms with Gasteiger partial charge in [-0.05, 0) is 86.9 Å². The molecule has 2 aliphatic rings. The smallest absolute Gasteiger partial charge is 0.220 e. The number of hydrogen-bond donors (Lipinski definition) is 2. The average molecular weight is 511 g/mol. The molecule has 1 aliphatic carbocycles. The highest BCUT2D eigenvalue weighted by atomic mass is 32.1. The third kappa shape index (κ3) is 6.49. The molecule has 5 nitrogen and oxygen atoms in total. The summed E-state index contributed by atoms with van der Waals surface area (Å²) in [6.07, 6.45) is 7.39. The van der Waals surface area contributed by atoms with E-state index in [0.717, 1.165) is 56.1 Å². The number of carbonyl (C=O) groups excluding carboxylic acids is 1. The standard InChI is InChI=1S/C30H46N4OS/c1-21(2)32-27(35)9-7-8-16-31-23-12-17-34(18-13-23)28-33-26(20-36-28)22-10-11-24-25(19-22)30(5,6)15-14-29(24,3)4/h10-11,19-21,23,31H,7-9,12-18H2,1-6H3,(H,32,35). The molecule has 0 unspecified atom stereocenters. The molecule has 0 radical (unpaired) electrons. The number of benzene rings is 1. The first-order chi connectivity index (χ1) is 17.0. The minimum Gasteiger partial charge on any atom is -0.354 e. The van der Waals surface area contributed by atoms with Gasteiger partial charge in [0.25, 0.3) is 0 Å². The van der Waals surface area contributed by atoms with Gasteiger partial charge in [-0.25, -0.2) is 4.98 Å². The van der Waals surface area contributed by atoms with Crippen LogP contribution in [-0.4, -0.2) is 42.6 Å². The second kappa shape index (κ2) is 11.2. The molecule has 6 heteroatoms. The maximum Gasteiger partial charge on any atom is 0.220 e. The molecular weight excluding hydrogens is 464 g/mol. The van der Waals surface area contributed by atoms with E-state index in [2.05, 4.69) is 66.8 Å². The summed E-state index contributed by atoms with van der Waals surface area (Å²) in [5.74, 6) is 0.170. The van der Waals surface area contributed by atoms with Crippen LogP contribution in [0.2, 0.25) is 0 Å². The van der Waals surface area contributed by atoms with Crippen molar-refractivity contribution in [2.75, 3.05) is 24.5 Å². The van der Waals surface area contributed by atoms with E-state index >= 15 is 0 Å². The fraction of sp³-hybridized carbons (Fsp3) is 0.667. The second-order valence-electron chi connectivity index (χ2n) is 12.4. The Morgan fingerprint density at radius 2 is 1.78 bits per heavy atom. The monoisotopic (exact) mass is 510 g/mol. The van der Waals surface area contributed by atoms with Crippen LogP contribution in [0.15, 0.2) is 23.6 Å². The van der Waals surface area contributed by atoms with Gasteiger partial charge in [0.1, 0.15) is 0 Å². The van der Waals surface area contributed by atoms with Gasteiger partial charge < -0.3 is 15.5 Å². The molecule has 0 saturated carbocycles. The molecule has 1 aromatic heterocycles. The van der Waals surface area contributed by atoms with Crippen molar-refractivity contribution in [3.05, 3.63) is 34.7 Å². The minimum atomic E-state index is 0.170. The predicted octanol–water partition coefficient (Wildman–Crippen LogP) is 6.41. The lowest BCUT2D eigenvalue weighted by molar-refractivity contribution is -0.121. The maximum absolute atomic E-state index is 11.8. The molecule has 36 heavy (non-hydrogen) atoms. The molecule has 1 saturated heterocycles. The number of aromatic nitrogens is 1. The quantitative estimate of drug-likeness (QED) is 0.383. The summed E-state index contributed by atoms with van der Waals surface area (Å²) in [6, 6.07) is 7.85. The van der Waals surface area contributed by atoms with Gasteiger partial charge >= 0.3 is 0 Å². The van der Waals surface area contributed by atoms with Crippen LogP contribution in [0.4, 0.5) is 5.13 Å². The van der Waals surface area contributed by atoms with E-state index in [1.54, 1.807) is 11.3 Å². The first kappa shape index (κ1) is 27.1. The Hall–Kier alpha value is -1.92. The highest BCUT2D eigenvalue weighted by Gasteiger charge is 2.37. The van der Waals surface area contributed by atoms with Crippen LogP contribution in [-0.2, 0) is 15.6 Å². The number of thiazole rings is 1. The molecule has 1 fully saturated rings. The number of fused-ring (bicyclic) bond motifs is 1. The number of rotatable bonds is 9. The summed E-state index contributed by atoms with van der Waals surface area (Å²) in [6.45, 7) is 16.6. The number of unbranched alkanes of at least 4 members (excludes halogenated alkanes) is 1. The van der Waals surface area contributed by atoms with E-state index in [9.17, 15) is 4.79 Å². The zero-order chi connectivity index (χ0) is 25.9. The minimum absolute atomic E-state index is 0.170. The van der Waals surface area contributed by atoms with Crippen LogP contribution in [0.3, 0.4) is 0 Å². The van der Waals surface area contributed by atoms with Crippen molar-refractivity contribution in [3.8, 4) is 11.3 Å². The summed E-state index contributed by atoms with van der Waals surface area (Å²) >= 11 is 1.78. The van der Waals surface area contributed by atoms with Gasteiger partial charge in [-0.3, -0.25) is 4.79 Å². The van der Waals surface area contributed by atoms with Crippen LogP contribution in [0.25, 0.3) is 11.3 Å². The molecule has 2 heterocycles. The summed E-state index contributed by atoms with van der Waals surface area (Å²) < 4.78 is 0. The zero-order valence-corrected chi connectivity index (χ0v) is 24.1. The van der Waals surface area contributed by atoms with Crippen molar-refractivity contribution in [2.45, 2.75) is 109 Å². The number of piperidine rings is 1. The Morgan fingerprint density at radius 1 is 1.08 bits per heavy atom. The Balaban J connectivity index is 1.28. The molecule has 2 N–H and O–H groups in total. The molecule has 198 valence electrons. The van der Waals surface area contributed by atoms with Crippen molar-refractivity contribution in [1.82, 2.24) is 15.6 Å². The van der Waals surface area contributed by atoms with Gasteiger partial charge in [0.2, 0.25) is 5.91 Å². The number of hydrogen-bond acceptors (Lipinski definition) is 5. The number of nitrogens with one attached hydrogen (secondary N) is 2. The number of anilines is 1. The lowest BCUT2D eigenvalue weighted by atomic mass is 9.63. The third-order valence-electron chi connectivity index (χ3n) is 8.12. The van der Waals surface area contributed by atoms with Gasteiger partial charge in [-0.2, -0.15) is 0 Å². The first-order valence-corrected chi connectivity index (χ1v) is 14.8. The van der Waals surface area contributed by atoms with E-state index in [0.29, 0.717) is 12.5 Å². The van der Waals surface area contributed by atoms with E-state index in [1.807, 2.05) is 13.8 Å². The zero-order valence-electron chi connectivity index (χ0n) is 23.2. The van der Waals surface area contributed by atoms with E-state index in [4.69, 9.17) is 4.98 Å². The molecule has 0 spiro atoms. The largest absolute Gasteiger partial charge is 0.354 e. The van der Waals surface area contributed by atoms with Crippen molar-refractivity contribution < 1.29 is 4.79 Å². The summed E-state index contributed by atoms with van der Waals surface area (Å²) in [5, 5.41) is 10.1. The van der Waals surface area contributed by atoms with Gasteiger partial charge in [0.15, 0.2) is 5.13 Å². The summed E-state index contributed by atoms with van der Waals surface area (Å²) in [5.41, 5.74) is 5.83. The van der Waals surface area contributed by atoms with Gasteiger partial charge in [0, 0.05) is 42.5 Å². The Bertz CT molecular complexity index is 1030. The van der Waals surface area contributed by atoms with Crippen LogP contribution in [0.5, 0.6) is 0 Å². The molecule has 2 aromatic rings. The summed E-state index contributed by atoms with van der Waals surface area (Å²) in [4.78, 5) is 19.3. The molecule has 1 aliphatic heterocycles. The Labute approximate surface area is 222 Å². The first-order valence-electron chi connectivity index (χ1n) is 13.9. The molecule has 4 rings (SSSR count). The van der Waals surface area contributed by atoms with Crippen molar-refractivity contribution in [2.24, 2.45) is 0 Å². The fourth-order valence-electron chi connectivity index (χ4n) is 5.68. The normalized spacial score (nSPS) is 19.4. The van der Waals surface area contributed by atoms with Crippen LogP contribution >= 0.6 is 11.3 Å². The predicted molar refractivity (Wildman–Crippen MR) is 153 cm³/mol. The van der Waals surface area contributed by atoms with E-state index < -0.39 is 0 Å². The average Bonchev–Trinajstić information content (AvgIpc) is 3.32. The van der Waals surface area contributed by atoms with Crippen LogP contribution < -0.4 is 15.5 Å². The van der Waals surface area contributed by atoms with E-state index in [1.165, 1.54) is 29.5 Å². The van der Waals surface area contributed by atoms with E-state index in [-0.39, 0.29) is 22.8 Å². The van der Waals surface area contributed by atoms with Gasteiger partial charge in [-0.15, -0.1) is 11.3 Å². The lowest BCUT2D eigenvalue weighted by Gasteiger charge is -2.42. The van der Waals surface area contributed by atoms with Gasteiger partial charge in [0.05, 0.1) is 5.69 Å². The van der Waals surface area contributed by atoms with Crippen molar-refractivity contribution in [3.63, 3.8) is 0 Å². The van der Waals surface area contributed by atoms with Gasteiger partial charge in [-0.1, -0.05) is 39.8 Å². The number of nitrogens with zero attached hydrogens (tertiary/aromatic N) is 2. The molecule has 1 amide bonds. The number of amides is 1. The molecule has 1 aromatic carbocycles. The Morgan fingerprint density at radius 3 is 2.47 bits per heavy atom. The van der Waals surface area contributed by atoms with Crippen molar-refractivity contribution in [1.29, 1.82) is 0 Å². The van der Waals surface area contributed by atoms with Crippen LogP contribution in [0.1, 0.15) is 97.6 Å². The second-order valence-corrected chi connectivity index (χ2v) is 13.3. The highest BCUT2D eigenvalue weighted by Crippen LogP contribution is 2.47. The molecular formula is C30H46N4OS.